The van der Waals surface area contributed by atoms with Crippen molar-refractivity contribution >= 4 is 35.1 Å². The molecule has 1 atom stereocenters. The Kier molecular flexibility index (Phi) is 5.61. The van der Waals surface area contributed by atoms with Crippen molar-refractivity contribution in [3.8, 4) is 0 Å². The fourth-order valence-electron chi connectivity index (χ4n) is 2.39. The van der Waals surface area contributed by atoms with Crippen LogP contribution in [0.1, 0.15) is 30.1 Å². The number of hydrogen-bond donors (Lipinski definition) is 1. The van der Waals surface area contributed by atoms with E-state index >= 15 is 0 Å². The van der Waals surface area contributed by atoms with Gasteiger partial charge in [-0.3, -0.25) is 9.59 Å². The van der Waals surface area contributed by atoms with Gasteiger partial charge < -0.3 is 10.1 Å². The van der Waals surface area contributed by atoms with Gasteiger partial charge in [0.1, 0.15) is 0 Å². The van der Waals surface area contributed by atoms with E-state index in [1.54, 1.807) is 42.5 Å². The van der Waals surface area contributed by atoms with Crippen LogP contribution in [0.3, 0.4) is 0 Å². The molecule has 1 aliphatic rings. The predicted octanol–water partition coefficient (Wildman–Crippen LogP) is 4.10. The normalized spacial score (nSPS) is 14.6. The molecule has 1 N–H and O–H groups in total. The highest BCUT2D eigenvalue weighted by Crippen LogP contribution is 2.25. The van der Waals surface area contributed by atoms with Crippen molar-refractivity contribution in [1.29, 1.82) is 0 Å². The van der Waals surface area contributed by atoms with E-state index in [2.05, 4.69) is 5.32 Å². The SMILES string of the molecule is O=C(Cc1ccc(Cl)c(Cl)c1)O[C@@H](C(=O)NC1CC1)c1ccccc1. The lowest BCUT2D eigenvalue weighted by Crippen LogP contribution is -2.33. The summed E-state index contributed by atoms with van der Waals surface area (Å²) in [6, 6.07) is 14.1. The van der Waals surface area contributed by atoms with E-state index in [4.69, 9.17) is 27.9 Å². The zero-order valence-electron chi connectivity index (χ0n) is 13.4. The van der Waals surface area contributed by atoms with Gasteiger partial charge in [0, 0.05) is 11.6 Å². The molecule has 0 unspecified atom stereocenters. The van der Waals surface area contributed by atoms with Crippen LogP contribution in [0.15, 0.2) is 48.5 Å². The topological polar surface area (TPSA) is 55.4 Å². The van der Waals surface area contributed by atoms with Gasteiger partial charge in [0.2, 0.25) is 6.10 Å². The number of benzene rings is 2. The van der Waals surface area contributed by atoms with Gasteiger partial charge in [-0.2, -0.15) is 0 Å². The molecule has 0 aliphatic heterocycles. The summed E-state index contributed by atoms with van der Waals surface area (Å²) in [5, 5.41) is 3.68. The second-order valence-electron chi connectivity index (χ2n) is 5.99. The smallest absolute Gasteiger partial charge is 0.311 e. The summed E-state index contributed by atoms with van der Waals surface area (Å²) in [5.41, 5.74) is 1.32. The quantitative estimate of drug-likeness (QED) is 0.770. The van der Waals surface area contributed by atoms with Crippen LogP contribution >= 0.6 is 23.2 Å². The first kappa shape index (κ1) is 17.8. The molecular weight excluding hydrogens is 361 g/mol. The molecule has 0 saturated heterocycles. The molecule has 0 aromatic heterocycles. The Balaban J connectivity index is 1.71. The zero-order chi connectivity index (χ0) is 17.8. The highest BCUT2D eigenvalue weighted by molar-refractivity contribution is 6.42. The Morgan fingerprint density at radius 2 is 1.80 bits per heavy atom. The molecule has 2 aromatic carbocycles. The summed E-state index contributed by atoms with van der Waals surface area (Å²) >= 11 is 11.8. The second kappa shape index (κ2) is 7.89. The Labute approximate surface area is 156 Å². The fraction of sp³-hybridized carbons (Fsp3) is 0.263. The minimum absolute atomic E-state index is 0.0108. The van der Waals surface area contributed by atoms with Gasteiger partial charge in [-0.25, -0.2) is 0 Å². The van der Waals surface area contributed by atoms with Crippen LogP contribution in [-0.2, 0) is 20.7 Å². The average Bonchev–Trinajstić information content (AvgIpc) is 3.41. The summed E-state index contributed by atoms with van der Waals surface area (Å²) < 4.78 is 5.47. The molecule has 2 aromatic rings. The summed E-state index contributed by atoms with van der Waals surface area (Å²) in [4.78, 5) is 24.8. The lowest BCUT2D eigenvalue weighted by molar-refractivity contribution is -0.156. The molecule has 1 fully saturated rings. The molecule has 130 valence electrons. The van der Waals surface area contributed by atoms with E-state index < -0.39 is 12.1 Å². The zero-order valence-corrected chi connectivity index (χ0v) is 14.9. The Morgan fingerprint density at radius 1 is 1.08 bits per heavy atom. The number of carbonyl (C=O) groups excluding carboxylic acids is 2. The maximum atomic E-state index is 12.5. The summed E-state index contributed by atoms with van der Waals surface area (Å²) in [7, 11) is 0. The Hall–Kier alpha value is -2.04. The van der Waals surface area contributed by atoms with Crippen molar-refractivity contribution in [2.45, 2.75) is 31.4 Å². The number of rotatable bonds is 6. The molecule has 1 aliphatic carbocycles. The molecule has 3 rings (SSSR count). The second-order valence-corrected chi connectivity index (χ2v) is 6.80. The van der Waals surface area contributed by atoms with Crippen LogP contribution < -0.4 is 5.32 Å². The summed E-state index contributed by atoms with van der Waals surface area (Å²) in [6.07, 6.45) is 0.975. The van der Waals surface area contributed by atoms with Crippen LogP contribution in [0.5, 0.6) is 0 Å². The molecule has 6 heteroatoms. The van der Waals surface area contributed by atoms with E-state index in [1.807, 2.05) is 6.07 Å². The van der Waals surface area contributed by atoms with E-state index in [0.717, 1.165) is 12.8 Å². The number of halogens is 2. The molecule has 0 radical (unpaired) electrons. The summed E-state index contributed by atoms with van der Waals surface area (Å²) in [5.74, 6) is -0.797. The van der Waals surface area contributed by atoms with Crippen molar-refractivity contribution in [2.24, 2.45) is 0 Å². The highest BCUT2D eigenvalue weighted by atomic mass is 35.5. The lowest BCUT2D eigenvalue weighted by atomic mass is 10.1. The summed E-state index contributed by atoms with van der Waals surface area (Å²) in [6.45, 7) is 0. The standard InChI is InChI=1S/C19H17Cl2NO3/c20-15-9-6-12(10-16(15)21)11-17(23)25-18(13-4-2-1-3-5-13)19(24)22-14-7-8-14/h1-6,9-10,14,18H,7-8,11H2,(H,22,24)/t18-/m1/s1. The maximum Gasteiger partial charge on any atom is 0.311 e. The van der Waals surface area contributed by atoms with Crippen molar-refractivity contribution < 1.29 is 14.3 Å². The first-order valence-corrected chi connectivity index (χ1v) is 8.77. The lowest BCUT2D eigenvalue weighted by Gasteiger charge is -2.18. The third kappa shape index (κ3) is 4.97. The predicted molar refractivity (Wildman–Crippen MR) is 96.6 cm³/mol. The van der Waals surface area contributed by atoms with E-state index in [1.165, 1.54) is 0 Å². The largest absolute Gasteiger partial charge is 0.447 e. The van der Waals surface area contributed by atoms with Gasteiger partial charge in [-0.05, 0) is 30.5 Å². The van der Waals surface area contributed by atoms with Gasteiger partial charge in [-0.15, -0.1) is 0 Å². The average molecular weight is 378 g/mol. The maximum absolute atomic E-state index is 12.5. The van der Waals surface area contributed by atoms with Crippen molar-refractivity contribution in [1.82, 2.24) is 5.32 Å². The van der Waals surface area contributed by atoms with Crippen LogP contribution in [0, 0.1) is 0 Å². The van der Waals surface area contributed by atoms with Gasteiger partial charge in [0.05, 0.1) is 16.5 Å². The van der Waals surface area contributed by atoms with E-state index in [-0.39, 0.29) is 18.4 Å². The van der Waals surface area contributed by atoms with Crippen LogP contribution in [0.25, 0.3) is 0 Å². The molecule has 0 heterocycles. The first-order chi connectivity index (χ1) is 12.0. The number of carbonyl (C=O) groups is 2. The number of amides is 1. The number of hydrogen-bond acceptors (Lipinski definition) is 3. The van der Waals surface area contributed by atoms with Crippen LogP contribution in [0.4, 0.5) is 0 Å². The van der Waals surface area contributed by atoms with E-state index in [0.29, 0.717) is 21.2 Å². The molecule has 1 saturated carbocycles. The van der Waals surface area contributed by atoms with Crippen molar-refractivity contribution in [3.63, 3.8) is 0 Å². The Morgan fingerprint density at radius 3 is 2.44 bits per heavy atom. The third-order valence-electron chi connectivity index (χ3n) is 3.85. The first-order valence-electron chi connectivity index (χ1n) is 8.01. The molecule has 0 bridgehead atoms. The number of esters is 1. The Bertz CT molecular complexity index is 775. The van der Waals surface area contributed by atoms with Crippen molar-refractivity contribution in [2.75, 3.05) is 0 Å². The molecule has 0 spiro atoms. The molecule has 1 amide bonds. The van der Waals surface area contributed by atoms with Gasteiger partial charge in [0.25, 0.3) is 5.91 Å². The minimum atomic E-state index is -0.961. The minimum Gasteiger partial charge on any atom is -0.447 e. The molecular formula is C19H17Cl2NO3. The van der Waals surface area contributed by atoms with Gasteiger partial charge in [-0.1, -0.05) is 59.6 Å². The van der Waals surface area contributed by atoms with Crippen LogP contribution in [0.2, 0.25) is 10.0 Å². The molecule has 4 nitrogen and oxygen atoms in total. The number of nitrogens with one attached hydrogen (secondary N) is 1. The van der Waals surface area contributed by atoms with Gasteiger partial charge in [0.15, 0.2) is 0 Å². The van der Waals surface area contributed by atoms with Crippen molar-refractivity contribution in [3.05, 3.63) is 69.7 Å². The van der Waals surface area contributed by atoms with E-state index in [9.17, 15) is 9.59 Å². The van der Waals surface area contributed by atoms with Gasteiger partial charge >= 0.3 is 5.97 Å². The van der Waals surface area contributed by atoms with Crippen LogP contribution in [-0.4, -0.2) is 17.9 Å². The molecule has 25 heavy (non-hydrogen) atoms. The third-order valence-corrected chi connectivity index (χ3v) is 4.58. The fourth-order valence-corrected chi connectivity index (χ4v) is 2.72. The number of ether oxygens (including phenoxy) is 1. The monoisotopic (exact) mass is 377 g/mol. The highest BCUT2D eigenvalue weighted by Gasteiger charge is 2.30.